The number of β-amino-alcohol motifs (C(OH)–C–C–N with tert-alkyl or cyclic N) is 1. The molecule has 9 nitrogen and oxygen atoms in total. The van der Waals surface area contributed by atoms with E-state index in [1.165, 1.54) is 0 Å². The summed E-state index contributed by atoms with van der Waals surface area (Å²) < 4.78 is 0. The van der Waals surface area contributed by atoms with Crippen molar-refractivity contribution in [1.82, 2.24) is 20.9 Å². The normalized spacial score (nSPS) is 27.4. The van der Waals surface area contributed by atoms with Crippen LogP contribution >= 0.6 is 0 Å². The van der Waals surface area contributed by atoms with Crippen LogP contribution in [0.25, 0.3) is 0 Å². The van der Waals surface area contributed by atoms with Gasteiger partial charge in [0.05, 0.1) is 16.7 Å². The van der Waals surface area contributed by atoms with Crippen molar-refractivity contribution in [1.29, 1.82) is 0 Å². The minimum Gasteiger partial charge on any atom is -0.388 e. The molecule has 3 unspecified atom stereocenters. The highest BCUT2D eigenvalue weighted by Crippen LogP contribution is 2.28. The van der Waals surface area contributed by atoms with Crippen molar-refractivity contribution < 1.29 is 24.3 Å². The van der Waals surface area contributed by atoms with Gasteiger partial charge < -0.3 is 15.7 Å². The highest BCUT2D eigenvalue weighted by atomic mass is 16.3. The van der Waals surface area contributed by atoms with Crippen molar-refractivity contribution in [2.45, 2.75) is 44.4 Å². The van der Waals surface area contributed by atoms with Crippen molar-refractivity contribution in [3.8, 4) is 0 Å². The van der Waals surface area contributed by atoms with E-state index in [2.05, 4.69) is 16.0 Å². The molecule has 2 fully saturated rings. The zero-order chi connectivity index (χ0) is 21.5. The first-order chi connectivity index (χ1) is 14.3. The van der Waals surface area contributed by atoms with E-state index in [9.17, 15) is 24.3 Å². The molecule has 30 heavy (non-hydrogen) atoms. The molecule has 3 atom stereocenters. The quantitative estimate of drug-likeness (QED) is 0.464. The van der Waals surface area contributed by atoms with E-state index < -0.39 is 35.3 Å². The Kier molecular flexibility index (Phi) is 5.44. The number of imide groups is 2. The predicted octanol–water partition coefficient (Wildman–Crippen LogP) is -0.462. The summed E-state index contributed by atoms with van der Waals surface area (Å²) in [7, 11) is 0. The van der Waals surface area contributed by atoms with Crippen LogP contribution in [0.4, 0.5) is 0 Å². The van der Waals surface area contributed by atoms with Crippen LogP contribution in [0.1, 0.15) is 52.5 Å². The maximum absolute atomic E-state index is 12.9. The number of benzene rings is 1. The fourth-order valence-corrected chi connectivity index (χ4v) is 4.37. The minimum atomic E-state index is -0.960. The Bertz CT molecular complexity index is 909. The Balaban J connectivity index is 1.42. The Morgan fingerprint density at radius 2 is 2.00 bits per heavy atom. The lowest BCUT2D eigenvalue weighted by Crippen LogP contribution is -2.54. The zero-order valence-electron chi connectivity index (χ0n) is 16.9. The molecule has 3 aliphatic rings. The molecule has 4 rings (SSSR count). The van der Waals surface area contributed by atoms with E-state index in [0.717, 1.165) is 23.4 Å². The molecule has 160 valence electrons. The van der Waals surface area contributed by atoms with Gasteiger partial charge in [-0.25, -0.2) is 0 Å². The van der Waals surface area contributed by atoms with Gasteiger partial charge in [-0.3, -0.25) is 29.4 Å². The van der Waals surface area contributed by atoms with Gasteiger partial charge in [-0.2, -0.15) is 0 Å². The number of rotatable bonds is 6. The molecule has 0 aromatic heterocycles. The van der Waals surface area contributed by atoms with Crippen LogP contribution < -0.4 is 16.0 Å². The smallest absolute Gasteiger partial charge is 0.262 e. The molecule has 0 radical (unpaired) electrons. The molecular weight excluding hydrogens is 388 g/mol. The number of nitrogens with zero attached hydrogens (tertiary/aromatic N) is 1. The van der Waals surface area contributed by atoms with Crippen molar-refractivity contribution in [2.75, 3.05) is 19.6 Å². The topological polar surface area (TPSA) is 128 Å². The highest BCUT2D eigenvalue weighted by Gasteiger charge is 2.44. The first-order valence-corrected chi connectivity index (χ1v) is 10.3. The van der Waals surface area contributed by atoms with Crippen molar-refractivity contribution in [2.24, 2.45) is 5.92 Å². The molecular formula is C21H26N4O5. The van der Waals surface area contributed by atoms with Gasteiger partial charge in [0.2, 0.25) is 11.8 Å². The van der Waals surface area contributed by atoms with E-state index >= 15 is 0 Å². The van der Waals surface area contributed by atoms with Crippen LogP contribution in [0.15, 0.2) is 18.2 Å². The fraction of sp³-hybridized carbons (Fsp3) is 0.524. The number of amides is 4. The van der Waals surface area contributed by atoms with E-state index in [1.54, 1.807) is 18.2 Å². The second kappa shape index (κ2) is 7.90. The fourth-order valence-electron chi connectivity index (χ4n) is 4.37. The summed E-state index contributed by atoms with van der Waals surface area (Å²) in [6, 6.07) is 4.10. The van der Waals surface area contributed by atoms with E-state index in [-0.39, 0.29) is 29.9 Å². The number of carbonyl (C=O) groups excluding carboxylic acids is 4. The van der Waals surface area contributed by atoms with Crippen LogP contribution in [0.2, 0.25) is 0 Å². The van der Waals surface area contributed by atoms with Crippen LogP contribution in [0, 0.1) is 5.92 Å². The van der Waals surface area contributed by atoms with Gasteiger partial charge in [0, 0.05) is 26.1 Å². The minimum absolute atomic E-state index is 0.0631. The third kappa shape index (κ3) is 3.64. The van der Waals surface area contributed by atoms with Gasteiger partial charge >= 0.3 is 0 Å². The molecule has 0 saturated carbocycles. The van der Waals surface area contributed by atoms with Crippen molar-refractivity contribution in [3.05, 3.63) is 34.9 Å². The van der Waals surface area contributed by atoms with Crippen molar-refractivity contribution >= 4 is 23.6 Å². The molecule has 1 aromatic rings. The second-order valence-electron chi connectivity index (χ2n) is 8.39. The van der Waals surface area contributed by atoms with Crippen LogP contribution in [-0.4, -0.2) is 64.9 Å². The van der Waals surface area contributed by atoms with E-state index in [1.807, 2.05) is 6.92 Å². The Hall–Kier alpha value is -2.62. The summed E-state index contributed by atoms with van der Waals surface area (Å²) in [5.74, 6) is -1.96. The molecule has 4 N–H and O–H groups in total. The maximum atomic E-state index is 12.9. The maximum Gasteiger partial charge on any atom is 0.262 e. The largest absolute Gasteiger partial charge is 0.388 e. The van der Waals surface area contributed by atoms with E-state index in [0.29, 0.717) is 19.6 Å². The molecule has 0 spiro atoms. The number of aliphatic hydroxyl groups is 1. The molecule has 2 saturated heterocycles. The first kappa shape index (κ1) is 20.6. The van der Waals surface area contributed by atoms with Crippen LogP contribution in [-0.2, 0) is 16.1 Å². The summed E-state index contributed by atoms with van der Waals surface area (Å²) in [6.45, 7) is 4.50. The van der Waals surface area contributed by atoms with Crippen LogP contribution in [0.5, 0.6) is 0 Å². The number of hydrogen-bond donors (Lipinski definition) is 4. The summed E-state index contributed by atoms with van der Waals surface area (Å²) in [4.78, 5) is 50.0. The summed E-state index contributed by atoms with van der Waals surface area (Å²) in [5, 5.41) is 19.3. The summed E-state index contributed by atoms with van der Waals surface area (Å²) >= 11 is 0. The molecule has 4 amide bonds. The van der Waals surface area contributed by atoms with Gasteiger partial charge in [-0.15, -0.1) is 0 Å². The van der Waals surface area contributed by atoms with Gasteiger partial charge in [0.1, 0.15) is 6.04 Å². The predicted molar refractivity (Wildman–Crippen MR) is 106 cm³/mol. The second-order valence-corrected chi connectivity index (χ2v) is 8.39. The molecule has 1 aromatic carbocycles. The lowest BCUT2D eigenvalue weighted by Gasteiger charge is -2.29. The average molecular weight is 414 g/mol. The standard InChI is InChI=1S/C21H26N4O5/c1-12(21(30)6-7-22-11-21)9-23-10-13-2-3-14-15(8-13)20(29)25(19(14)28)16-4-5-17(26)24-18(16)27/h2-3,8,12,16,22-23,30H,4-7,9-11H2,1H3,(H,24,26,27). The Morgan fingerprint density at radius 1 is 1.23 bits per heavy atom. The zero-order valence-corrected chi connectivity index (χ0v) is 16.9. The SMILES string of the molecule is CC(CNCc1ccc2c(c1)C(=O)N(C1CCC(=O)NC1=O)C2=O)C1(O)CCNC1. The molecule has 3 aliphatic heterocycles. The number of hydrogen-bond acceptors (Lipinski definition) is 7. The van der Waals surface area contributed by atoms with E-state index in [4.69, 9.17) is 0 Å². The van der Waals surface area contributed by atoms with Gasteiger partial charge in [-0.1, -0.05) is 13.0 Å². The number of fused-ring (bicyclic) bond motifs is 1. The van der Waals surface area contributed by atoms with Crippen molar-refractivity contribution in [3.63, 3.8) is 0 Å². The van der Waals surface area contributed by atoms with Gasteiger partial charge in [0.25, 0.3) is 11.8 Å². The number of nitrogens with one attached hydrogen (secondary N) is 3. The highest BCUT2D eigenvalue weighted by molar-refractivity contribution is 6.23. The Morgan fingerprint density at radius 3 is 2.70 bits per heavy atom. The lowest BCUT2D eigenvalue weighted by molar-refractivity contribution is -0.136. The first-order valence-electron chi connectivity index (χ1n) is 10.3. The summed E-state index contributed by atoms with van der Waals surface area (Å²) in [6.07, 6.45) is 0.959. The lowest BCUT2D eigenvalue weighted by atomic mass is 9.88. The van der Waals surface area contributed by atoms with Gasteiger partial charge in [-0.05, 0) is 43.0 Å². The molecule has 0 aliphatic carbocycles. The van der Waals surface area contributed by atoms with Gasteiger partial charge in [0.15, 0.2) is 0 Å². The third-order valence-electron chi connectivity index (χ3n) is 6.37. The molecule has 0 bridgehead atoms. The number of piperidine rings is 1. The monoisotopic (exact) mass is 414 g/mol. The van der Waals surface area contributed by atoms with Crippen LogP contribution in [0.3, 0.4) is 0 Å². The molecule has 3 heterocycles. The third-order valence-corrected chi connectivity index (χ3v) is 6.37. The average Bonchev–Trinajstić information content (AvgIpc) is 3.26. The Labute approximate surface area is 174 Å². The number of carbonyl (C=O) groups is 4. The molecule has 9 heteroatoms. The summed E-state index contributed by atoms with van der Waals surface area (Å²) in [5.41, 5.74) is 0.670.